The third-order valence-electron chi connectivity index (χ3n) is 3.68. The minimum atomic E-state index is -4.11. The summed E-state index contributed by atoms with van der Waals surface area (Å²) in [5.41, 5.74) is -0.163. The normalized spacial score (nSPS) is 14.6. The van der Waals surface area contributed by atoms with Crippen LogP contribution < -0.4 is 5.32 Å². The van der Waals surface area contributed by atoms with E-state index in [9.17, 15) is 17.6 Å². The molecular formula is C14H19ClFNO3S. The molecule has 1 amide bonds. The molecular weight excluding hydrogens is 317 g/mol. The predicted molar refractivity (Wildman–Crippen MR) is 80.6 cm³/mol. The number of carbonyl (C=O) groups is 1. The number of hydrogen-bond donors (Lipinski definition) is 1. The van der Waals surface area contributed by atoms with Crippen LogP contribution in [0, 0.1) is 18.7 Å². The van der Waals surface area contributed by atoms with E-state index in [-0.39, 0.29) is 28.0 Å². The van der Waals surface area contributed by atoms with Gasteiger partial charge in [0.15, 0.2) is 0 Å². The van der Waals surface area contributed by atoms with Crippen LogP contribution in [0.5, 0.6) is 0 Å². The monoisotopic (exact) mass is 335 g/mol. The Morgan fingerprint density at radius 2 is 1.95 bits per heavy atom. The van der Waals surface area contributed by atoms with Crippen molar-refractivity contribution >= 4 is 25.6 Å². The van der Waals surface area contributed by atoms with Crippen LogP contribution in [0.1, 0.15) is 43.1 Å². The third kappa shape index (κ3) is 4.41. The molecule has 0 bridgehead atoms. The van der Waals surface area contributed by atoms with Crippen molar-refractivity contribution in [3.8, 4) is 0 Å². The van der Waals surface area contributed by atoms with Crippen molar-refractivity contribution in [2.24, 2.45) is 5.92 Å². The highest BCUT2D eigenvalue weighted by atomic mass is 35.7. The molecule has 0 spiro atoms. The van der Waals surface area contributed by atoms with E-state index in [0.717, 1.165) is 18.6 Å². The van der Waals surface area contributed by atoms with Gasteiger partial charge in [-0.25, -0.2) is 12.8 Å². The van der Waals surface area contributed by atoms with Crippen molar-refractivity contribution in [2.45, 2.75) is 45.1 Å². The maximum absolute atomic E-state index is 13.8. The van der Waals surface area contributed by atoms with Gasteiger partial charge in [0.1, 0.15) is 5.82 Å². The van der Waals surface area contributed by atoms with Gasteiger partial charge in [0.05, 0.1) is 4.90 Å². The average molecular weight is 336 g/mol. The lowest BCUT2D eigenvalue weighted by molar-refractivity contribution is 0.0927. The lowest BCUT2D eigenvalue weighted by atomic mass is 10.0. The molecule has 0 aliphatic heterocycles. The highest BCUT2D eigenvalue weighted by Crippen LogP contribution is 2.24. The molecule has 7 heteroatoms. The molecule has 0 radical (unpaired) electrons. The van der Waals surface area contributed by atoms with E-state index in [2.05, 4.69) is 5.32 Å². The summed E-state index contributed by atoms with van der Waals surface area (Å²) in [6.45, 7) is 7.12. The summed E-state index contributed by atoms with van der Waals surface area (Å²) in [4.78, 5) is 11.7. The molecule has 0 saturated carbocycles. The first-order chi connectivity index (χ1) is 9.57. The molecule has 2 atom stereocenters. The second-order valence-electron chi connectivity index (χ2n) is 5.17. The number of halogens is 2. The molecule has 21 heavy (non-hydrogen) atoms. The van der Waals surface area contributed by atoms with Gasteiger partial charge in [-0.05, 0) is 31.9 Å². The van der Waals surface area contributed by atoms with Crippen LogP contribution in [0.2, 0.25) is 0 Å². The number of amides is 1. The lowest BCUT2D eigenvalue weighted by Gasteiger charge is -2.20. The minimum absolute atomic E-state index is 0.0625. The second kappa shape index (κ2) is 6.75. The Kier molecular flexibility index (Phi) is 5.75. The van der Waals surface area contributed by atoms with Crippen molar-refractivity contribution in [3.63, 3.8) is 0 Å². The minimum Gasteiger partial charge on any atom is -0.349 e. The molecule has 0 aromatic heterocycles. The Hall–Kier alpha value is -1.14. The lowest BCUT2D eigenvalue weighted by Crippen LogP contribution is -2.37. The van der Waals surface area contributed by atoms with Crippen molar-refractivity contribution in [2.75, 3.05) is 0 Å². The van der Waals surface area contributed by atoms with Gasteiger partial charge in [-0.1, -0.05) is 20.3 Å². The molecule has 1 N–H and O–H groups in total. The molecule has 0 saturated heterocycles. The number of nitrogens with one attached hydrogen (secondary N) is 1. The summed E-state index contributed by atoms with van der Waals surface area (Å²) in [6.07, 6.45) is 0.880. The highest BCUT2D eigenvalue weighted by Gasteiger charge is 2.21. The Bertz CT molecular complexity index is 646. The number of benzene rings is 1. The summed E-state index contributed by atoms with van der Waals surface area (Å²) < 4.78 is 36.6. The number of carbonyl (C=O) groups excluding carboxylic acids is 1. The van der Waals surface area contributed by atoms with E-state index >= 15 is 0 Å². The topological polar surface area (TPSA) is 63.2 Å². The molecule has 118 valence electrons. The van der Waals surface area contributed by atoms with E-state index in [1.54, 1.807) is 0 Å². The van der Waals surface area contributed by atoms with Gasteiger partial charge in [-0.15, -0.1) is 0 Å². The van der Waals surface area contributed by atoms with Crippen molar-refractivity contribution in [3.05, 3.63) is 29.1 Å². The van der Waals surface area contributed by atoms with Gasteiger partial charge in [0.2, 0.25) is 0 Å². The fraction of sp³-hybridized carbons (Fsp3) is 0.500. The van der Waals surface area contributed by atoms with Gasteiger partial charge in [0.25, 0.3) is 15.0 Å². The average Bonchev–Trinajstić information content (AvgIpc) is 2.38. The smallest absolute Gasteiger partial charge is 0.261 e. The van der Waals surface area contributed by atoms with Crippen LogP contribution in [-0.2, 0) is 9.05 Å². The van der Waals surface area contributed by atoms with Gasteiger partial charge >= 0.3 is 0 Å². The fourth-order valence-electron chi connectivity index (χ4n) is 1.82. The Balaban J connectivity index is 3.15. The molecule has 0 aliphatic carbocycles. The SMILES string of the molecule is CCC(C)C(C)NC(=O)c1cc(F)c(C)c(S(=O)(=O)Cl)c1. The molecule has 1 rings (SSSR count). The molecule has 4 nitrogen and oxygen atoms in total. The Morgan fingerprint density at radius 1 is 1.38 bits per heavy atom. The summed E-state index contributed by atoms with van der Waals surface area (Å²) in [6, 6.07) is 2.00. The number of hydrogen-bond acceptors (Lipinski definition) is 3. The zero-order chi connectivity index (χ0) is 16.4. The maximum atomic E-state index is 13.8. The van der Waals surface area contributed by atoms with Gasteiger partial charge in [-0.2, -0.15) is 0 Å². The summed E-state index contributed by atoms with van der Waals surface area (Å²) in [7, 11) is 1.16. The van der Waals surface area contributed by atoms with Crippen LogP contribution in [0.25, 0.3) is 0 Å². The Labute approximate surface area is 129 Å². The van der Waals surface area contributed by atoms with Crippen LogP contribution >= 0.6 is 10.7 Å². The first-order valence-corrected chi connectivity index (χ1v) is 8.94. The molecule has 0 fully saturated rings. The van der Waals surface area contributed by atoms with Crippen LogP contribution in [0.15, 0.2) is 17.0 Å². The van der Waals surface area contributed by atoms with Crippen LogP contribution in [0.3, 0.4) is 0 Å². The van der Waals surface area contributed by atoms with Crippen LogP contribution in [-0.4, -0.2) is 20.4 Å². The maximum Gasteiger partial charge on any atom is 0.261 e. The van der Waals surface area contributed by atoms with Crippen molar-refractivity contribution in [1.82, 2.24) is 5.32 Å². The number of rotatable bonds is 5. The molecule has 1 aromatic rings. The van der Waals surface area contributed by atoms with Crippen molar-refractivity contribution in [1.29, 1.82) is 0 Å². The second-order valence-corrected chi connectivity index (χ2v) is 7.70. The third-order valence-corrected chi connectivity index (χ3v) is 5.13. The van der Waals surface area contributed by atoms with Crippen LogP contribution in [0.4, 0.5) is 4.39 Å². The molecule has 0 heterocycles. The predicted octanol–water partition coefficient (Wildman–Crippen LogP) is 3.23. The van der Waals surface area contributed by atoms with E-state index in [1.165, 1.54) is 6.92 Å². The largest absolute Gasteiger partial charge is 0.349 e. The summed E-state index contributed by atoms with van der Waals surface area (Å²) >= 11 is 0. The fourth-order valence-corrected chi connectivity index (χ4v) is 3.04. The first kappa shape index (κ1) is 17.9. The van der Waals surface area contributed by atoms with Gasteiger partial charge in [-0.3, -0.25) is 4.79 Å². The molecule has 1 aromatic carbocycles. The van der Waals surface area contributed by atoms with Gasteiger partial charge in [0, 0.05) is 27.9 Å². The standard InChI is InChI=1S/C14H19ClFNO3S/c1-5-8(2)10(4)17-14(18)11-6-12(16)9(3)13(7-11)21(15,19)20/h6-8,10H,5H2,1-4H3,(H,17,18). The Morgan fingerprint density at radius 3 is 2.43 bits per heavy atom. The zero-order valence-electron chi connectivity index (χ0n) is 12.4. The van der Waals surface area contributed by atoms with E-state index in [0.29, 0.717) is 0 Å². The summed E-state index contributed by atoms with van der Waals surface area (Å²) in [5.74, 6) is -1.05. The first-order valence-electron chi connectivity index (χ1n) is 6.63. The van der Waals surface area contributed by atoms with E-state index in [1.807, 2.05) is 20.8 Å². The van der Waals surface area contributed by atoms with E-state index < -0.39 is 20.8 Å². The highest BCUT2D eigenvalue weighted by molar-refractivity contribution is 8.13. The van der Waals surface area contributed by atoms with Gasteiger partial charge < -0.3 is 5.32 Å². The molecule has 0 aliphatic rings. The molecule has 2 unspecified atom stereocenters. The van der Waals surface area contributed by atoms with Crippen molar-refractivity contribution < 1.29 is 17.6 Å². The zero-order valence-corrected chi connectivity index (χ0v) is 14.0. The quantitative estimate of drug-likeness (QED) is 0.840. The summed E-state index contributed by atoms with van der Waals surface area (Å²) in [5, 5.41) is 2.73. The van der Waals surface area contributed by atoms with E-state index in [4.69, 9.17) is 10.7 Å².